The molecule has 1 saturated heterocycles. The molecule has 0 spiro atoms. The van der Waals surface area contributed by atoms with E-state index in [1.165, 1.54) is 6.42 Å². The van der Waals surface area contributed by atoms with E-state index in [-0.39, 0.29) is 12.6 Å². The number of rotatable bonds is 6. The number of nitrogens with one attached hydrogen (secondary N) is 1. The van der Waals surface area contributed by atoms with Gasteiger partial charge in [0.05, 0.1) is 6.61 Å². The van der Waals surface area contributed by atoms with Crippen molar-refractivity contribution in [3.63, 3.8) is 0 Å². The molecule has 2 N–H and O–H groups in total. The number of nitrogens with zero attached hydrogens (tertiary/aromatic N) is 1. The zero-order valence-corrected chi connectivity index (χ0v) is 13.1. The predicted molar refractivity (Wildman–Crippen MR) is 84.1 cm³/mol. The molecule has 4 heteroatoms. The molecule has 1 aromatic carbocycles. The van der Waals surface area contributed by atoms with Gasteiger partial charge in [-0.15, -0.1) is 0 Å². The SMILES string of the molecule is CNC(CCN1CCC(C)C1CO)c1ccccc1Cl. The van der Waals surface area contributed by atoms with E-state index in [4.69, 9.17) is 11.6 Å². The Morgan fingerprint density at radius 2 is 2.20 bits per heavy atom. The summed E-state index contributed by atoms with van der Waals surface area (Å²) in [7, 11) is 1.98. The lowest BCUT2D eigenvalue weighted by molar-refractivity contribution is 0.135. The first-order valence-electron chi connectivity index (χ1n) is 7.44. The molecule has 3 atom stereocenters. The average Bonchev–Trinajstić information content (AvgIpc) is 2.81. The van der Waals surface area contributed by atoms with Crippen LogP contribution in [0.3, 0.4) is 0 Å². The maximum Gasteiger partial charge on any atom is 0.0589 e. The molecule has 0 bridgehead atoms. The van der Waals surface area contributed by atoms with Gasteiger partial charge < -0.3 is 10.4 Å². The second kappa shape index (κ2) is 7.41. The highest BCUT2D eigenvalue weighted by molar-refractivity contribution is 6.31. The molecule has 0 saturated carbocycles. The van der Waals surface area contributed by atoms with Gasteiger partial charge in [0.2, 0.25) is 0 Å². The number of hydrogen-bond acceptors (Lipinski definition) is 3. The monoisotopic (exact) mass is 296 g/mol. The van der Waals surface area contributed by atoms with Gasteiger partial charge in [-0.05, 0) is 44.0 Å². The summed E-state index contributed by atoms with van der Waals surface area (Å²) in [5.74, 6) is 0.591. The van der Waals surface area contributed by atoms with E-state index in [2.05, 4.69) is 23.2 Å². The Hall–Kier alpha value is -0.610. The van der Waals surface area contributed by atoms with Gasteiger partial charge in [-0.3, -0.25) is 4.90 Å². The lowest BCUT2D eigenvalue weighted by Gasteiger charge is -2.27. The van der Waals surface area contributed by atoms with E-state index in [0.29, 0.717) is 12.0 Å². The van der Waals surface area contributed by atoms with Crippen LogP contribution in [0.1, 0.15) is 31.4 Å². The van der Waals surface area contributed by atoms with E-state index in [1.807, 2.05) is 25.2 Å². The minimum absolute atomic E-state index is 0.261. The predicted octanol–water partition coefficient (Wildman–Crippen LogP) is 2.69. The highest BCUT2D eigenvalue weighted by atomic mass is 35.5. The molecule has 112 valence electrons. The summed E-state index contributed by atoms with van der Waals surface area (Å²) < 4.78 is 0. The zero-order chi connectivity index (χ0) is 14.5. The van der Waals surface area contributed by atoms with Crippen LogP contribution in [-0.2, 0) is 0 Å². The summed E-state index contributed by atoms with van der Waals surface area (Å²) in [6.07, 6.45) is 2.19. The van der Waals surface area contributed by atoms with E-state index in [1.54, 1.807) is 0 Å². The molecular formula is C16H25ClN2O. The summed E-state index contributed by atoms with van der Waals surface area (Å²) >= 11 is 6.28. The van der Waals surface area contributed by atoms with Crippen LogP contribution in [0.25, 0.3) is 0 Å². The van der Waals surface area contributed by atoms with E-state index >= 15 is 0 Å². The van der Waals surface area contributed by atoms with Gasteiger partial charge in [-0.2, -0.15) is 0 Å². The summed E-state index contributed by atoms with van der Waals surface area (Å²) in [5, 5.41) is 13.7. The molecule has 0 aromatic heterocycles. The van der Waals surface area contributed by atoms with Crippen molar-refractivity contribution in [3.05, 3.63) is 34.9 Å². The standard InChI is InChI=1S/C16H25ClN2O/c1-12-7-9-19(16(12)11-20)10-8-15(18-2)13-5-3-4-6-14(13)17/h3-6,12,15-16,18,20H,7-11H2,1-2H3. The average molecular weight is 297 g/mol. The maximum absolute atomic E-state index is 9.51. The number of aliphatic hydroxyl groups excluding tert-OH is 1. The van der Waals surface area contributed by atoms with Crippen LogP contribution < -0.4 is 5.32 Å². The molecule has 0 amide bonds. The fraction of sp³-hybridized carbons (Fsp3) is 0.625. The molecule has 0 aliphatic carbocycles. The first-order chi connectivity index (χ1) is 9.67. The molecular weight excluding hydrogens is 272 g/mol. The van der Waals surface area contributed by atoms with Crippen LogP contribution in [0.5, 0.6) is 0 Å². The molecule has 3 unspecified atom stereocenters. The van der Waals surface area contributed by atoms with Crippen LogP contribution in [0.4, 0.5) is 0 Å². The molecule has 1 aromatic rings. The second-order valence-electron chi connectivity index (χ2n) is 5.70. The second-order valence-corrected chi connectivity index (χ2v) is 6.11. The third-order valence-electron chi connectivity index (χ3n) is 4.52. The summed E-state index contributed by atoms with van der Waals surface area (Å²) in [4.78, 5) is 2.41. The Labute approximate surface area is 126 Å². The molecule has 2 rings (SSSR count). The Balaban J connectivity index is 1.96. The first-order valence-corrected chi connectivity index (χ1v) is 7.81. The minimum Gasteiger partial charge on any atom is -0.395 e. The normalized spacial score (nSPS) is 25.0. The highest BCUT2D eigenvalue weighted by Crippen LogP contribution is 2.28. The first kappa shape index (κ1) is 15.8. The molecule has 0 radical (unpaired) electrons. The number of likely N-dealkylation sites (tertiary alicyclic amines) is 1. The number of halogens is 1. The van der Waals surface area contributed by atoms with Gasteiger partial charge in [0.15, 0.2) is 0 Å². The lowest BCUT2D eigenvalue weighted by atomic mass is 10.0. The summed E-state index contributed by atoms with van der Waals surface area (Å²) in [6, 6.07) is 8.59. The summed E-state index contributed by atoms with van der Waals surface area (Å²) in [6.45, 7) is 4.57. The van der Waals surface area contributed by atoms with Gasteiger partial charge in [-0.25, -0.2) is 0 Å². The van der Waals surface area contributed by atoms with Crippen molar-refractivity contribution in [2.45, 2.75) is 31.8 Å². The van der Waals surface area contributed by atoms with E-state index < -0.39 is 0 Å². The van der Waals surface area contributed by atoms with Crippen LogP contribution in [-0.4, -0.2) is 42.8 Å². The fourth-order valence-corrected chi connectivity index (χ4v) is 3.44. The number of aliphatic hydroxyl groups is 1. The van der Waals surface area contributed by atoms with E-state index in [9.17, 15) is 5.11 Å². The molecule has 20 heavy (non-hydrogen) atoms. The quantitative estimate of drug-likeness (QED) is 0.847. The van der Waals surface area contributed by atoms with Gasteiger partial charge >= 0.3 is 0 Å². The third-order valence-corrected chi connectivity index (χ3v) is 4.86. The Morgan fingerprint density at radius 1 is 1.45 bits per heavy atom. The van der Waals surface area contributed by atoms with Crippen molar-refractivity contribution in [2.75, 3.05) is 26.7 Å². The van der Waals surface area contributed by atoms with Gasteiger partial charge in [-0.1, -0.05) is 36.7 Å². The van der Waals surface area contributed by atoms with Crippen molar-refractivity contribution in [1.29, 1.82) is 0 Å². The third kappa shape index (κ3) is 3.53. The van der Waals surface area contributed by atoms with Crippen molar-refractivity contribution in [2.24, 2.45) is 5.92 Å². The lowest BCUT2D eigenvalue weighted by Crippen LogP contribution is -2.37. The Morgan fingerprint density at radius 3 is 2.85 bits per heavy atom. The number of benzene rings is 1. The van der Waals surface area contributed by atoms with Gasteiger partial charge in [0, 0.05) is 23.7 Å². The fourth-order valence-electron chi connectivity index (χ4n) is 3.17. The topological polar surface area (TPSA) is 35.5 Å². The van der Waals surface area contributed by atoms with Crippen LogP contribution >= 0.6 is 11.6 Å². The van der Waals surface area contributed by atoms with Crippen LogP contribution in [0.15, 0.2) is 24.3 Å². The van der Waals surface area contributed by atoms with Crippen LogP contribution in [0, 0.1) is 5.92 Å². The smallest absolute Gasteiger partial charge is 0.0589 e. The zero-order valence-electron chi connectivity index (χ0n) is 12.3. The van der Waals surface area contributed by atoms with Crippen molar-refractivity contribution in [3.8, 4) is 0 Å². The van der Waals surface area contributed by atoms with Crippen molar-refractivity contribution < 1.29 is 5.11 Å². The largest absolute Gasteiger partial charge is 0.395 e. The van der Waals surface area contributed by atoms with Gasteiger partial charge in [0.1, 0.15) is 0 Å². The molecule has 1 aliphatic rings. The molecule has 3 nitrogen and oxygen atoms in total. The van der Waals surface area contributed by atoms with Crippen molar-refractivity contribution in [1.82, 2.24) is 10.2 Å². The minimum atomic E-state index is 0.261. The summed E-state index contributed by atoms with van der Waals surface area (Å²) in [5.41, 5.74) is 1.16. The maximum atomic E-state index is 9.51. The molecule has 1 fully saturated rings. The Kier molecular flexibility index (Phi) is 5.85. The van der Waals surface area contributed by atoms with Crippen LogP contribution in [0.2, 0.25) is 5.02 Å². The highest BCUT2D eigenvalue weighted by Gasteiger charge is 2.30. The molecule has 1 aliphatic heterocycles. The van der Waals surface area contributed by atoms with Gasteiger partial charge in [0.25, 0.3) is 0 Å². The number of hydrogen-bond donors (Lipinski definition) is 2. The van der Waals surface area contributed by atoms with Crippen molar-refractivity contribution >= 4 is 11.6 Å². The Bertz CT molecular complexity index is 427. The molecule has 1 heterocycles. The van der Waals surface area contributed by atoms with E-state index in [0.717, 1.165) is 30.1 Å².